The average Bonchev–Trinajstić information content (AvgIpc) is 2.62. The lowest BCUT2D eigenvalue weighted by atomic mass is 9.83. The van der Waals surface area contributed by atoms with Crippen molar-refractivity contribution in [2.24, 2.45) is 0 Å². The van der Waals surface area contributed by atoms with Crippen LogP contribution in [-0.2, 0) is 9.53 Å². The first-order valence-electron chi connectivity index (χ1n) is 8.18. The zero-order valence-electron chi connectivity index (χ0n) is 14.3. The molecule has 1 fully saturated rings. The largest absolute Gasteiger partial charge is 0.496 e. The molecule has 2 rings (SSSR count). The Kier molecular flexibility index (Phi) is 6.27. The van der Waals surface area contributed by atoms with E-state index >= 15 is 0 Å². The average molecular weight is 365 g/mol. The highest BCUT2D eigenvalue weighted by Gasteiger charge is 2.35. The van der Waals surface area contributed by atoms with Crippen molar-refractivity contribution in [1.29, 1.82) is 5.26 Å². The molecule has 1 amide bonds. The van der Waals surface area contributed by atoms with Crippen LogP contribution in [0.1, 0.15) is 49.4 Å². The Balaban J connectivity index is 2.04. The first-order chi connectivity index (χ1) is 11.9. The van der Waals surface area contributed by atoms with Crippen molar-refractivity contribution in [3.63, 3.8) is 0 Å². The minimum Gasteiger partial charge on any atom is -0.496 e. The molecule has 0 aliphatic heterocycles. The van der Waals surface area contributed by atoms with Crippen LogP contribution < -0.4 is 10.1 Å². The summed E-state index contributed by atoms with van der Waals surface area (Å²) in [5, 5.41) is 12.5. The number of hydrogen-bond donors (Lipinski definition) is 1. The predicted octanol–water partition coefficient (Wildman–Crippen LogP) is 3.24. The van der Waals surface area contributed by atoms with Gasteiger partial charge in [-0.3, -0.25) is 4.79 Å². The molecule has 0 bridgehead atoms. The Labute approximate surface area is 152 Å². The van der Waals surface area contributed by atoms with Crippen LogP contribution in [0.25, 0.3) is 0 Å². The topological polar surface area (TPSA) is 88.4 Å². The van der Waals surface area contributed by atoms with Crippen molar-refractivity contribution >= 4 is 23.5 Å². The van der Waals surface area contributed by atoms with Gasteiger partial charge in [0.25, 0.3) is 5.91 Å². The number of halogens is 1. The van der Waals surface area contributed by atoms with Gasteiger partial charge < -0.3 is 14.8 Å². The number of rotatable bonds is 5. The number of esters is 1. The normalized spacial score (nSPS) is 17.0. The van der Waals surface area contributed by atoms with Crippen LogP contribution in [0.4, 0.5) is 0 Å². The van der Waals surface area contributed by atoms with Gasteiger partial charge in [-0.15, -0.1) is 0 Å². The van der Waals surface area contributed by atoms with Gasteiger partial charge in [0.15, 0.2) is 6.10 Å². The SMILES string of the molecule is COc1ccc(Cl)cc1C(=O)OC(C)C(=O)NC1(C#N)CCCCC1. The van der Waals surface area contributed by atoms with Crippen LogP contribution in [0.3, 0.4) is 0 Å². The Hall–Kier alpha value is -2.26. The summed E-state index contributed by atoms with van der Waals surface area (Å²) in [5.74, 6) is -0.891. The van der Waals surface area contributed by atoms with E-state index in [9.17, 15) is 14.9 Å². The Morgan fingerprint density at radius 1 is 1.32 bits per heavy atom. The highest BCUT2D eigenvalue weighted by Crippen LogP contribution is 2.28. The number of carbonyl (C=O) groups is 2. The lowest BCUT2D eigenvalue weighted by molar-refractivity contribution is -0.130. The quantitative estimate of drug-likeness (QED) is 0.810. The van der Waals surface area contributed by atoms with E-state index in [0.29, 0.717) is 23.6 Å². The Morgan fingerprint density at radius 2 is 2.00 bits per heavy atom. The molecular formula is C18H21ClN2O4. The molecule has 7 heteroatoms. The third-order valence-electron chi connectivity index (χ3n) is 4.32. The Bertz CT molecular complexity index is 693. The molecule has 1 atom stereocenters. The number of nitrogens with one attached hydrogen (secondary N) is 1. The molecule has 0 saturated heterocycles. The van der Waals surface area contributed by atoms with Gasteiger partial charge in [-0.05, 0) is 38.0 Å². The maximum absolute atomic E-state index is 12.4. The summed E-state index contributed by atoms with van der Waals surface area (Å²) in [6, 6.07) is 6.77. The van der Waals surface area contributed by atoms with Crippen LogP contribution in [-0.4, -0.2) is 30.6 Å². The molecule has 0 aromatic heterocycles. The number of amides is 1. The lowest BCUT2D eigenvalue weighted by Gasteiger charge is -2.32. The van der Waals surface area contributed by atoms with E-state index in [1.807, 2.05) is 0 Å². The van der Waals surface area contributed by atoms with E-state index in [1.165, 1.54) is 20.1 Å². The molecule has 1 aromatic rings. The van der Waals surface area contributed by atoms with Crippen LogP contribution in [0, 0.1) is 11.3 Å². The van der Waals surface area contributed by atoms with Gasteiger partial charge in [0, 0.05) is 5.02 Å². The molecule has 25 heavy (non-hydrogen) atoms. The maximum atomic E-state index is 12.4. The highest BCUT2D eigenvalue weighted by molar-refractivity contribution is 6.31. The number of benzene rings is 1. The van der Waals surface area contributed by atoms with Gasteiger partial charge >= 0.3 is 5.97 Å². The second-order valence-electron chi connectivity index (χ2n) is 6.14. The molecular weight excluding hydrogens is 344 g/mol. The van der Waals surface area contributed by atoms with Crippen molar-refractivity contribution in [3.8, 4) is 11.8 Å². The molecule has 134 valence electrons. The van der Waals surface area contributed by atoms with E-state index in [4.69, 9.17) is 21.1 Å². The summed E-state index contributed by atoms with van der Waals surface area (Å²) in [5.41, 5.74) is -0.730. The smallest absolute Gasteiger partial charge is 0.342 e. The third-order valence-corrected chi connectivity index (χ3v) is 4.55. The van der Waals surface area contributed by atoms with Crippen molar-refractivity contribution < 1.29 is 19.1 Å². The van der Waals surface area contributed by atoms with Gasteiger partial charge in [-0.25, -0.2) is 4.79 Å². The van der Waals surface area contributed by atoms with Gasteiger partial charge in [-0.1, -0.05) is 30.9 Å². The fraction of sp³-hybridized carbons (Fsp3) is 0.500. The summed E-state index contributed by atoms with van der Waals surface area (Å²) < 4.78 is 10.3. The van der Waals surface area contributed by atoms with Gasteiger partial charge in [0.2, 0.25) is 0 Å². The standard InChI is InChI=1S/C18H21ClN2O4/c1-12(16(22)21-18(11-20)8-4-3-5-9-18)25-17(23)14-10-13(19)6-7-15(14)24-2/h6-7,10,12H,3-5,8-9H2,1-2H3,(H,21,22). The van der Waals surface area contributed by atoms with E-state index in [1.54, 1.807) is 12.1 Å². The number of hydrogen-bond acceptors (Lipinski definition) is 5. The summed E-state index contributed by atoms with van der Waals surface area (Å²) in [7, 11) is 1.43. The highest BCUT2D eigenvalue weighted by atomic mass is 35.5. The number of methoxy groups -OCH3 is 1. The minimum absolute atomic E-state index is 0.141. The number of ether oxygens (including phenoxy) is 2. The molecule has 0 heterocycles. The zero-order chi connectivity index (χ0) is 18.4. The first-order valence-corrected chi connectivity index (χ1v) is 8.56. The molecule has 1 N–H and O–H groups in total. The van der Waals surface area contributed by atoms with E-state index in [-0.39, 0.29) is 5.56 Å². The number of nitrogens with zero attached hydrogens (tertiary/aromatic N) is 1. The zero-order valence-corrected chi connectivity index (χ0v) is 15.1. The van der Waals surface area contributed by atoms with Gasteiger partial charge in [0.1, 0.15) is 16.9 Å². The van der Waals surface area contributed by atoms with Crippen molar-refractivity contribution in [2.75, 3.05) is 7.11 Å². The van der Waals surface area contributed by atoms with Gasteiger partial charge in [0.05, 0.1) is 13.2 Å². The Morgan fingerprint density at radius 3 is 2.60 bits per heavy atom. The van der Waals surface area contributed by atoms with Crippen molar-refractivity contribution in [3.05, 3.63) is 28.8 Å². The van der Waals surface area contributed by atoms with Crippen LogP contribution in [0.15, 0.2) is 18.2 Å². The van der Waals surface area contributed by atoms with Crippen LogP contribution in [0.5, 0.6) is 5.75 Å². The maximum Gasteiger partial charge on any atom is 0.342 e. The molecule has 1 aromatic carbocycles. The van der Waals surface area contributed by atoms with E-state index in [0.717, 1.165) is 19.3 Å². The second kappa shape index (κ2) is 8.21. The molecule has 0 spiro atoms. The van der Waals surface area contributed by atoms with E-state index < -0.39 is 23.5 Å². The monoisotopic (exact) mass is 364 g/mol. The fourth-order valence-corrected chi connectivity index (χ4v) is 3.05. The molecule has 0 radical (unpaired) electrons. The number of nitriles is 1. The van der Waals surface area contributed by atoms with Gasteiger partial charge in [-0.2, -0.15) is 5.26 Å². The molecule has 1 saturated carbocycles. The molecule has 1 unspecified atom stereocenters. The summed E-state index contributed by atoms with van der Waals surface area (Å²) in [4.78, 5) is 24.7. The first kappa shape index (κ1) is 19.1. The van der Waals surface area contributed by atoms with Crippen LogP contribution in [0.2, 0.25) is 5.02 Å². The molecule has 6 nitrogen and oxygen atoms in total. The predicted molar refractivity (Wildman–Crippen MR) is 92.5 cm³/mol. The van der Waals surface area contributed by atoms with Crippen molar-refractivity contribution in [1.82, 2.24) is 5.32 Å². The lowest BCUT2D eigenvalue weighted by Crippen LogP contribution is -2.52. The summed E-state index contributed by atoms with van der Waals surface area (Å²) in [6.45, 7) is 1.47. The molecule has 1 aliphatic carbocycles. The third kappa shape index (κ3) is 4.64. The summed E-state index contributed by atoms with van der Waals surface area (Å²) >= 11 is 5.90. The fourth-order valence-electron chi connectivity index (χ4n) is 2.87. The summed E-state index contributed by atoms with van der Waals surface area (Å²) in [6.07, 6.45) is 3.01. The minimum atomic E-state index is -1.04. The molecule has 1 aliphatic rings. The van der Waals surface area contributed by atoms with Crippen molar-refractivity contribution in [2.45, 2.75) is 50.7 Å². The number of carbonyl (C=O) groups excluding carboxylic acids is 2. The second-order valence-corrected chi connectivity index (χ2v) is 6.57. The van der Waals surface area contributed by atoms with Crippen LogP contribution >= 0.6 is 11.6 Å². The van der Waals surface area contributed by atoms with E-state index in [2.05, 4.69) is 11.4 Å².